The van der Waals surface area contributed by atoms with Crippen LogP contribution in [0.4, 0.5) is 0 Å². The topological polar surface area (TPSA) is 50.1 Å². The Hall–Kier alpha value is -1.34. The Labute approximate surface area is 80.6 Å². The fourth-order valence-electron chi connectivity index (χ4n) is 1.16. The third kappa shape index (κ3) is 1.56. The molecule has 1 heterocycles. The number of rotatable bonds is 1. The van der Waals surface area contributed by atoms with Gasteiger partial charge in [0.1, 0.15) is 10.9 Å². The van der Waals surface area contributed by atoms with E-state index in [1.807, 2.05) is 13.0 Å². The SMILES string of the molecule is COC(=O)c1c(C)sc(C#N)c1C. The van der Waals surface area contributed by atoms with Crippen molar-refractivity contribution in [2.45, 2.75) is 13.8 Å². The van der Waals surface area contributed by atoms with Gasteiger partial charge in [0.2, 0.25) is 0 Å². The van der Waals surface area contributed by atoms with Crippen molar-refractivity contribution in [3.63, 3.8) is 0 Å². The Kier molecular flexibility index (Phi) is 2.69. The van der Waals surface area contributed by atoms with Gasteiger partial charge < -0.3 is 4.74 Å². The standard InChI is InChI=1S/C9H9NO2S/c1-5-7(4-10)13-6(2)8(5)9(11)12-3/h1-3H3. The van der Waals surface area contributed by atoms with Crippen LogP contribution in [0.1, 0.15) is 25.7 Å². The zero-order valence-electron chi connectivity index (χ0n) is 7.67. The number of methoxy groups -OCH3 is 1. The highest BCUT2D eigenvalue weighted by atomic mass is 32.1. The summed E-state index contributed by atoms with van der Waals surface area (Å²) in [4.78, 5) is 12.7. The zero-order chi connectivity index (χ0) is 10.0. The van der Waals surface area contributed by atoms with Crippen LogP contribution in [0.25, 0.3) is 0 Å². The average molecular weight is 195 g/mol. The molecule has 0 aliphatic rings. The first-order valence-corrected chi connectivity index (χ1v) is 4.51. The maximum absolute atomic E-state index is 11.3. The molecule has 0 atom stereocenters. The number of carbonyl (C=O) groups excluding carboxylic acids is 1. The fraction of sp³-hybridized carbons (Fsp3) is 0.333. The van der Waals surface area contributed by atoms with E-state index < -0.39 is 0 Å². The number of nitriles is 1. The van der Waals surface area contributed by atoms with Crippen LogP contribution < -0.4 is 0 Å². The summed E-state index contributed by atoms with van der Waals surface area (Å²) in [5, 5.41) is 8.72. The Morgan fingerprint density at radius 1 is 1.54 bits per heavy atom. The lowest BCUT2D eigenvalue weighted by Crippen LogP contribution is -2.03. The second-order valence-corrected chi connectivity index (χ2v) is 3.82. The summed E-state index contributed by atoms with van der Waals surface area (Å²) in [5.41, 5.74) is 1.25. The summed E-state index contributed by atoms with van der Waals surface area (Å²) in [6.45, 7) is 3.57. The molecular formula is C9H9NO2S. The molecule has 0 N–H and O–H groups in total. The van der Waals surface area contributed by atoms with E-state index in [0.29, 0.717) is 10.4 Å². The van der Waals surface area contributed by atoms with Crippen LogP contribution >= 0.6 is 11.3 Å². The largest absolute Gasteiger partial charge is 0.465 e. The van der Waals surface area contributed by atoms with Crippen LogP contribution in [0.15, 0.2) is 0 Å². The minimum atomic E-state index is -0.368. The number of ether oxygens (including phenoxy) is 1. The summed E-state index contributed by atoms with van der Waals surface area (Å²) < 4.78 is 4.61. The first kappa shape index (κ1) is 9.75. The quantitative estimate of drug-likeness (QED) is 0.644. The number of esters is 1. The molecule has 0 amide bonds. The minimum absolute atomic E-state index is 0.368. The Morgan fingerprint density at radius 3 is 2.54 bits per heavy atom. The monoisotopic (exact) mass is 195 g/mol. The van der Waals surface area contributed by atoms with Gasteiger partial charge in [-0.2, -0.15) is 5.26 Å². The van der Waals surface area contributed by atoms with Gasteiger partial charge >= 0.3 is 5.97 Å². The van der Waals surface area contributed by atoms with Crippen LogP contribution in [0.3, 0.4) is 0 Å². The van der Waals surface area contributed by atoms with Gasteiger partial charge in [0, 0.05) is 4.88 Å². The lowest BCUT2D eigenvalue weighted by Gasteiger charge is -1.98. The fourth-order valence-corrected chi connectivity index (χ4v) is 2.11. The summed E-state index contributed by atoms with van der Waals surface area (Å²) >= 11 is 1.32. The molecule has 0 aliphatic carbocycles. The van der Waals surface area contributed by atoms with Gasteiger partial charge in [-0.15, -0.1) is 11.3 Å². The molecule has 0 radical (unpaired) electrons. The summed E-state index contributed by atoms with van der Waals surface area (Å²) in [6, 6.07) is 2.05. The smallest absolute Gasteiger partial charge is 0.339 e. The van der Waals surface area contributed by atoms with Crippen LogP contribution in [0.2, 0.25) is 0 Å². The normalized spacial score (nSPS) is 9.38. The molecule has 0 unspecified atom stereocenters. The molecule has 68 valence electrons. The predicted molar refractivity (Wildman–Crippen MR) is 49.8 cm³/mol. The van der Waals surface area contributed by atoms with E-state index >= 15 is 0 Å². The first-order chi connectivity index (χ1) is 6.11. The van der Waals surface area contributed by atoms with Crippen molar-refractivity contribution >= 4 is 17.3 Å². The molecule has 0 saturated heterocycles. The van der Waals surface area contributed by atoms with E-state index in [9.17, 15) is 4.79 Å². The molecule has 13 heavy (non-hydrogen) atoms. The maximum Gasteiger partial charge on any atom is 0.339 e. The molecule has 1 aromatic rings. The molecule has 0 saturated carbocycles. The second kappa shape index (κ2) is 3.58. The number of aryl methyl sites for hydroxylation is 1. The molecule has 0 spiro atoms. The third-order valence-corrected chi connectivity index (χ3v) is 2.93. The molecular weight excluding hydrogens is 186 g/mol. The lowest BCUT2D eigenvalue weighted by molar-refractivity contribution is 0.0600. The van der Waals surface area contributed by atoms with Gasteiger partial charge in [0.15, 0.2) is 0 Å². The Morgan fingerprint density at radius 2 is 2.15 bits per heavy atom. The number of nitrogens with zero attached hydrogens (tertiary/aromatic N) is 1. The van der Waals surface area contributed by atoms with E-state index in [4.69, 9.17) is 5.26 Å². The highest BCUT2D eigenvalue weighted by Crippen LogP contribution is 2.26. The van der Waals surface area contributed by atoms with E-state index in [1.54, 1.807) is 6.92 Å². The van der Waals surface area contributed by atoms with Gasteiger partial charge in [0.25, 0.3) is 0 Å². The van der Waals surface area contributed by atoms with E-state index in [-0.39, 0.29) is 5.97 Å². The zero-order valence-corrected chi connectivity index (χ0v) is 8.49. The van der Waals surface area contributed by atoms with E-state index in [2.05, 4.69) is 4.74 Å². The molecule has 1 aromatic heterocycles. The van der Waals surface area contributed by atoms with Gasteiger partial charge in [-0.1, -0.05) is 0 Å². The van der Waals surface area contributed by atoms with Gasteiger partial charge in [-0.05, 0) is 19.4 Å². The van der Waals surface area contributed by atoms with Crippen molar-refractivity contribution in [1.29, 1.82) is 5.26 Å². The van der Waals surface area contributed by atoms with E-state index in [1.165, 1.54) is 18.4 Å². The summed E-state index contributed by atoms with van der Waals surface area (Å²) in [7, 11) is 1.34. The molecule has 3 nitrogen and oxygen atoms in total. The number of hydrogen-bond donors (Lipinski definition) is 0. The molecule has 1 rings (SSSR count). The van der Waals surface area contributed by atoms with Crippen LogP contribution in [0.5, 0.6) is 0 Å². The predicted octanol–water partition coefficient (Wildman–Crippen LogP) is 2.02. The summed E-state index contributed by atoms with van der Waals surface area (Å²) in [6.07, 6.45) is 0. The third-order valence-electron chi connectivity index (χ3n) is 1.81. The van der Waals surface area contributed by atoms with Crippen molar-refractivity contribution in [1.82, 2.24) is 0 Å². The van der Waals surface area contributed by atoms with Crippen LogP contribution in [-0.2, 0) is 4.74 Å². The average Bonchev–Trinajstić information content (AvgIpc) is 2.40. The van der Waals surface area contributed by atoms with Crippen molar-refractivity contribution in [3.05, 3.63) is 20.9 Å². The van der Waals surface area contributed by atoms with Crippen molar-refractivity contribution in [2.24, 2.45) is 0 Å². The van der Waals surface area contributed by atoms with Crippen molar-refractivity contribution < 1.29 is 9.53 Å². The number of thiophene rings is 1. The Bertz CT molecular complexity index is 387. The van der Waals surface area contributed by atoms with Crippen molar-refractivity contribution in [3.8, 4) is 6.07 Å². The van der Waals surface area contributed by atoms with Crippen LogP contribution in [-0.4, -0.2) is 13.1 Å². The molecule has 0 aromatic carbocycles. The Balaban J connectivity index is 3.30. The van der Waals surface area contributed by atoms with Crippen LogP contribution in [0, 0.1) is 25.2 Å². The molecule has 0 fully saturated rings. The molecule has 0 bridgehead atoms. The van der Waals surface area contributed by atoms with Crippen molar-refractivity contribution in [2.75, 3.05) is 7.11 Å². The number of hydrogen-bond acceptors (Lipinski definition) is 4. The lowest BCUT2D eigenvalue weighted by atomic mass is 10.1. The maximum atomic E-state index is 11.3. The van der Waals surface area contributed by atoms with Gasteiger partial charge in [0.05, 0.1) is 12.7 Å². The minimum Gasteiger partial charge on any atom is -0.465 e. The highest BCUT2D eigenvalue weighted by Gasteiger charge is 2.18. The molecule has 4 heteroatoms. The highest BCUT2D eigenvalue weighted by molar-refractivity contribution is 7.13. The second-order valence-electron chi connectivity index (χ2n) is 2.59. The van der Waals surface area contributed by atoms with E-state index in [0.717, 1.165) is 10.4 Å². The van der Waals surface area contributed by atoms with Gasteiger partial charge in [-0.3, -0.25) is 0 Å². The number of carbonyl (C=O) groups is 1. The van der Waals surface area contributed by atoms with Gasteiger partial charge in [-0.25, -0.2) is 4.79 Å². The molecule has 0 aliphatic heterocycles. The summed E-state index contributed by atoms with van der Waals surface area (Å²) in [5.74, 6) is -0.368. The first-order valence-electron chi connectivity index (χ1n) is 3.70.